The van der Waals surface area contributed by atoms with Crippen molar-refractivity contribution in [2.75, 3.05) is 39.2 Å². The molecule has 1 fully saturated rings. The maximum atomic E-state index is 12.3. The smallest absolute Gasteiger partial charge is 0.313 e. The lowest BCUT2D eigenvalue weighted by Crippen LogP contribution is -2.43. The van der Waals surface area contributed by atoms with Crippen molar-refractivity contribution >= 4 is 29.5 Å². The Hall–Kier alpha value is -3.75. The number of anilines is 1. The number of hydrogen-bond donors (Lipinski definition) is 2. The number of furan rings is 1. The average molecular weight is 441 g/mol. The van der Waals surface area contributed by atoms with E-state index in [1.807, 2.05) is 0 Å². The van der Waals surface area contributed by atoms with Gasteiger partial charge in [-0.15, -0.1) is 0 Å². The van der Waals surface area contributed by atoms with Gasteiger partial charge in [-0.3, -0.25) is 14.4 Å². The van der Waals surface area contributed by atoms with E-state index in [4.69, 9.17) is 13.9 Å². The van der Waals surface area contributed by atoms with Gasteiger partial charge >= 0.3 is 11.8 Å². The molecule has 1 aromatic carbocycles. The Morgan fingerprint density at radius 3 is 2.56 bits per heavy atom. The number of nitrogens with zero attached hydrogens (tertiary/aromatic N) is 1. The number of carbonyl (C=O) groups is 3. The van der Waals surface area contributed by atoms with Gasteiger partial charge in [0.15, 0.2) is 0 Å². The number of amides is 3. The molecule has 0 aliphatic carbocycles. The first-order valence-corrected chi connectivity index (χ1v) is 10.3. The molecule has 0 spiro atoms. The van der Waals surface area contributed by atoms with Crippen LogP contribution in [0.25, 0.3) is 6.08 Å². The Labute approximate surface area is 186 Å². The SMILES string of the molecule is COc1ccc(OC)c(NC(=O)C(=O)NCC2CCN(C(=O)/C=C/c3ccco3)CC2)c1. The number of carbonyl (C=O) groups excluding carboxylic acids is 3. The predicted molar refractivity (Wildman–Crippen MR) is 118 cm³/mol. The van der Waals surface area contributed by atoms with Crippen molar-refractivity contribution in [2.24, 2.45) is 5.92 Å². The lowest BCUT2D eigenvalue weighted by Gasteiger charge is -2.31. The number of nitrogens with one attached hydrogen (secondary N) is 2. The number of ether oxygens (including phenoxy) is 2. The van der Waals surface area contributed by atoms with Crippen molar-refractivity contribution in [3.63, 3.8) is 0 Å². The van der Waals surface area contributed by atoms with Gasteiger partial charge in [0.25, 0.3) is 0 Å². The van der Waals surface area contributed by atoms with Crippen molar-refractivity contribution in [3.8, 4) is 11.5 Å². The molecule has 3 amide bonds. The highest BCUT2D eigenvalue weighted by Crippen LogP contribution is 2.28. The van der Waals surface area contributed by atoms with Crippen LogP contribution in [-0.2, 0) is 14.4 Å². The van der Waals surface area contributed by atoms with E-state index in [1.165, 1.54) is 20.3 Å². The third kappa shape index (κ3) is 6.13. The summed E-state index contributed by atoms with van der Waals surface area (Å²) in [5.41, 5.74) is 0.349. The van der Waals surface area contributed by atoms with Gasteiger partial charge in [-0.05, 0) is 49.1 Å². The summed E-state index contributed by atoms with van der Waals surface area (Å²) in [4.78, 5) is 38.6. The van der Waals surface area contributed by atoms with Crippen LogP contribution in [0.3, 0.4) is 0 Å². The zero-order chi connectivity index (χ0) is 22.9. The summed E-state index contributed by atoms with van der Waals surface area (Å²) in [5.74, 6) is 0.182. The third-order valence-electron chi connectivity index (χ3n) is 5.27. The predicted octanol–water partition coefficient (Wildman–Crippen LogP) is 2.30. The fourth-order valence-corrected chi connectivity index (χ4v) is 3.41. The van der Waals surface area contributed by atoms with E-state index in [1.54, 1.807) is 47.6 Å². The van der Waals surface area contributed by atoms with Crippen LogP contribution >= 0.6 is 0 Å². The maximum absolute atomic E-state index is 12.3. The molecule has 32 heavy (non-hydrogen) atoms. The van der Waals surface area contributed by atoms with Crippen molar-refractivity contribution < 1.29 is 28.3 Å². The first-order valence-electron chi connectivity index (χ1n) is 10.3. The van der Waals surface area contributed by atoms with Gasteiger partial charge in [0.05, 0.1) is 26.2 Å². The fourth-order valence-electron chi connectivity index (χ4n) is 3.41. The first kappa shape index (κ1) is 22.9. The Kier molecular flexibility index (Phi) is 7.91. The highest BCUT2D eigenvalue weighted by Gasteiger charge is 2.23. The molecule has 0 saturated carbocycles. The van der Waals surface area contributed by atoms with Gasteiger partial charge in [-0.1, -0.05) is 0 Å². The third-order valence-corrected chi connectivity index (χ3v) is 5.27. The molecule has 2 aromatic rings. The number of methoxy groups -OCH3 is 2. The van der Waals surface area contributed by atoms with Crippen LogP contribution in [-0.4, -0.2) is 56.5 Å². The molecule has 1 saturated heterocycles. The largest absolute Gasteiger partial charge is 0.497 e. The summed E-state index contributed by atoms with van der Waals surface area (Å²) >= 11 is 0. The van der Waals surface area contributed by atoms with E-state index in [0.717, 1.165) is 12.8 Å². The number of likely N-dealkylation sites (tertiary alicyclic amines) is 1. The number of piperidine rings is 1. The summed E-state index contributed by atoms with van der Waals surface area (Å²) in [7, 11) is 2.98. The van der Waals surface area contributed by atoms with Crippen LogP contribution < -0.4 is 20.1 Å². The van der Waals surface area contributed by atoms with Gasteiger partial charge in [0.1, 0.15) is 17.3 Å². The Morgan fingerprint density at radius 1 is 1.12 bits per heavy atom. The van der Waals surface area contributed by atoms with Gasteiger partial charge in [-0.2, -0.15) is 0 Å². The van der Waals surface area contributed by atoms with Crippen LogP contribution in [0.5, 0.6) is 11.5 Å². The van der Waals surface area contributed by atoms with E-state index >= 15 is 0 Å². The minimum Gasteiger partial charge on any atom is -0.497 e. The van der Waals surface area contributed by atoms with Gasteiger partial charge in [0.2, 0.25) is 5.91 Å². The molecular formula is C23H27N3O6. The highest BCUT2D eigenvalue weighted by molar-refractivity contribution is 6.39. The summed E-state index contributed by atoms with van der Waals surface area (Å²) in [5, 5.41) is 5.22. The number of hydrogen-bond acceptors (Lipinski definition) is 6. The van der Waals surface area contributed by atoms with E-state index in [-0.39, 0.29) is 11.8 Å². The van der Waals surface area contributed by atoms with Crippen LogP contribution in [0.15, 0.2) is 47.1 Å². The zero-order valence-corrected chi connectivity index (χ0v) is 18.1. The Morgan fingerprint density at radius 2 is 1.91 bits per heavy atom. The topological polar surface area (TPSA) is 110 Å². The van der Waals surface area contributed by atoms with Gasteiger partial charge < -0.3 is 29.4 Å². The molecule has 2 heterocycles. The monoisotopic (exact) mass is 441 g/mol. The molecule has 0 radical (unpaired) electrons. The van der Waals surface area contributed by atoms with E-state index in [0.29, 0.717) is 42.6 Å². The number of rotatable bonds is 7. The van der Waals surface area contributed by atoms with Crippen LogP contribution in [0, 0.1) is 5.92 Å². The van der Waals surface area contributed by atoms with Crippen LogP contribution in [0.4, 0.5) is 5.69 Å². The van der Waals surface area contributed by atoms with Crippen LogP contribution in [0.2, 0.25) is 0 Å². The minimum atomic E-state index is -0.785. The molecule has 1 aliphatic rings. The fraction of sp³-hybridized carbons (Fsp3) is 0.348. The number of benzene rings is 1. The minimum absolute atomic E-state index is 0.0736. The molecule has 9 heteroatoms. The Balaban J connectivity index is 1.43. The molecule has 1 aliphatic heterocycles. The van der Waals surface area contributed by atoms with Crippen molar-refractivity contribution in [2.45, 2.75) is 12.8 Å². The second kappa shape index (κ2) is 11.0. The molecule has 9 nitrogen and oxygen atoms in total. The molecule has 0 unspecified atom stereocenters. The summed E-state index contributed by atoms with van der Waals surface area (Å²) in [6.45, 7) is 1.55. The van der Waals surface area contributed by atoms with Gasteiger partial charge in [-0.25, -0.2) is 0 Å². The molecule has 170 valence electrons. The molecule has 0 atom stereocenters. The van der Waals surface area contributed by atoms with Crippen molar-refractivity contribution in [1.82, 2.24) is 10.2 Å². The van der Waals surface area contributed by atoms with E-state index < -0.39 is 11.8 Å². The second-order valence-corrected chi connectivity index (χ2v) is 7.35. The van der Waals surface area contributed by atoms with E-state index in [9.17, 15) is 14.4 Å². The van der Waals surface area contributed by atoms with Crippen molar-refractivity contribution in [3.05, 3.63) is 48.4 Å². The molecule has 1 aromatic heterocycles. The highest BCUT2D eigenvalue weighted by atomic mass is 16.5. The quantitative estimate of drug-likeness (QED) is 0.504. The first-order chi connectivity index (χ1) is 15.5. The lowest BCUT2D eigenvalue weighted by molar-refractivity contribution is -0.136. The summed E-state index contributed by atoms with van der Waals surface area (Å²) in [6.07, 6.45) is 6.18. The average Bonchev–Trinajstić information content (AvgIpc) is 3.35. The normalized spacial score (nSPS) is 14.2. The lowest BCUT2D eigenvalue weighted by atomic mass is 9.96. The molecule has 2 N–H and O–H groups in total. The van der Waals surface area contributed by atoms with Crippen LogP contribution in [0.1, 0.15) is 18.6 Å². The Bertz CT molecular complexity index is 962. The van der Waals surface area contributed by atoms with E-state index in [2.05, 4.69) is 10.6 Å². The van der Waals surface area contributed by atoms with Crippen molar-refractivity contribution in [1.29, 1.82) is 0 Å². The summed E-state index contributed by atoms with van der Waals surface area (Å²) in [6, 6.07) is 8.46. The standard InChI is InChI=1S/C23H27N3O6/c1-30-18-5-7-20(31-2)19(14-18)25-23(29)22(28)24-15-16-9-11-26(12-10-16)21(27)8-6-17-4-3-13-32-17/h3-8,13-14,16H,9-12,15H2,1-2H3,(H,24,28)(H,25,29)/b8-6+. The zero-order valence-electron chi connectivity index (χ0n) is 18.1. The maximum Gasteiger partial charge on any atom is 0.313 e. The molecular weight excluding hydrogens is 414 g/mol. The second-order valence-electron chi connectivity index (χ2n) is 7.35. The molecule has 0 bridgehead atoms. The van der Waals surface area contributed by atoms with Gasteiger partial charge in [0, 0.05) is 31.8 Å². The summed E-state index contributed by atoms with van der Waals surface area (Å²) < 4.78 is 15.5. The molecule has 3 rings (SSSR count).